The van der Waals surface area contributed by atoms with E-state index in [4.69, 9.17) is 5.11 Å². The quantitative estimate of drug-likeness (QED) is 0.826. The van der Waals surface area contributed by atoms with Gasteiger partial charge in [0.2, 0.25) is 5.91 Å². The van der Waals surface area contributed by atoms with Crippen molar-refractivity contribution in [2.45, 2.75) is 19.3 Å². The molecule has 0 saturated carbocycles. The molecule has 0 atom stereocenters. The monoisotopic (exact) mass is 254 g/mol. The summed E-state index contributed by atoms with van der Waals surface area (Å²) < 4.78 is 0. The molecule has 0 aliphatic carbocycles. The first-order valence-electron chi connectivity index (χ1n) is 5.51. The van der Waals surface area contributed by atoms with Gasteiger partial charge in [-0.2, -0.15) is 0 Å². The SMILES string of the molecule is O=C(O)c1csc(CCCN2NCCC2=O)c1. The van der Waals surface area contributed by atoms with Gasteiger partial charge < -0.3 is 5.11 Å². The Kier molecular flexibility index (Phi) is 3.75. The molecule has 0 bridgehead atoms. The van der Waals surface area contributed by atoms with E-state index in [-0.39, 0.29) is 5.91 Å². The number of carboxylic acids is 1. The standard InChI is InChI=1S/C11H14N2O3S/c14-10-3-4-12-13(10)5-1-2-9-6-8(7-17-9)11(15)16/h6-7,12H,1-5H2,(H,15,16). The highest BCUT2D eigenvalue weighted by molar-refractivity contribution is 7.10. The van der Waals surface area contributed by atoms with E-state index < -0.39 is 5.97 Å². The van der Waals surface area contributed by atoms with Crippen molar-refractivity contribution in [1.82, 2.24) is 10.4 Å². The molecule has 0 radical (unpaired) electrons. The van der Waals surface area contributed by atoms with Gasteiger partial charge in [0.1, 0.15) is 0 Å². The van der Waals surface area contributed by atoms with Crippen molar-refractivity contribution in [1.29, 1.82) is 0 Å². The summed E-state index contributed by atoms with van der Waals surface area (Å²) >= 11 is 1.46. The molecule has 0 aromatic carbocycles. The number of nitrogens with one attached hydrogen (secondary N) is 1. The fourth-order valence-electron chi connectivity index (χ4n) is 1.76. The summed E-state index contributed by atoms with van der Waals surface area (Å²) in [6.07, 6.45) is 2.23. The fourth-order valence-corrected chi connectivity index (χ4v) is 2.66. The molecule has 17 heavy (non-hydrogen) atoms. The van der Waals surface area contributed by atoms with Crippen LogP contribution in [0, 0.1) is 0 Å². The fraction of sp³-hybridized carbons (Fsp3) is 0.455. The van der Waals surface area contributed by atoms with Crippen LogP contribution in [0.3, 0.4) is 0 Å². The topological polar surface area (TPSA) is 69.6 Å². The molecule has 2 N–H and O–H groups in total. The molecular weight excluding hydrogens is 240 g/mol. The van der Waals surface area contributed by atoms with E-state index in [0.717, 1.165) is 24.3 Å². The van der Waals surface area contributed by atoms with E-state index in [1.165, 1.54) is 11.3 Å². The minimum absolute atomic E-state index is 0.141. The molecule has 0 spiro atoms. The number of hydrogen-bond acceptors (Lipinski definition) is 4. The summed E-state index contributed by atoms with van der Waals surface area (Å²) in [5.74, 6) is -0.744. The van der Waals surface area contributed by atoms with Gasteiger partial charge in [0.05, 0.1) is 5.56 Å². The Labute approximate surface area is 103 Å². The maximum Gasteiger partial charge on any atom is 0.336 e. The van der Waals surface area contributed by atoms with Gasteiger partial charge >= 0.3 is 5.97 Å². The molecule has 1 fully saturated rings. The number of carboxylic acid groups (broad SMARTS) is 1. The summed E-state index contributed by atoms with van der Waals surface area (Å²) in [7, 11) is 0. The molecular formula is C11H14N2O3S. The van der Waals surface area contributed by atoms with E-state index in [1.54, 1.807) is 16.5 Å². The molecule has 1 aromatic heterocycles. The van der Waals surface area contributed by atoms with Crippen LogP contribution in [-0.2, 0) is 11.2 Å². The normalized spacial score (nSPS) is 15.5. The molecule has 1 aliphatic heterocycles. The maximum absolute atomic E-state index is 11.3. The molecule has 1 amide bonds. The van der Waals surface area contributed by atoms with E-state index in [9.17, 15) is 9.59 Å². The van der Waals surface area contributed by atoms with E-state index in [2.05, 4.69) is 5.43 Å². The van der Waals surface area contributed by atoms with Crippen molar-refractivity contribution >= 4 is 23.2 Å². The zero-order chi connectivity index (χ0) is 12.3. The van der Waals surface area contributed by atoms with Crippen LogP contribution in [0.5, 0.6) is 0 Å². The Morgan fingerprint density at radius 3 is 3.00 bits per heavy atom. The van der Waals surface area contributed by atoms with E-state index in [1.807, 2.05) is 0 Å². The van der Waals surface area contributed by atoms with Crippen LogP contribution in [0.4, 0.5) is 0 Å². The summed E-state index contributed by atoms with van der Waals surface area (Å²) in [6.45, 7) is 1.40. The zero-order valence-electron chi connectivity index (χ0n) is 9.31. The Morgan fingerprint density at radius 2 is 2.41 bits per heavy atom. The second kappa shape index (κ2) is 5.29. The highest BCUT2D eigenvalue weighted by atomic mass is 32.1. The molecule has 1 saturated heterocycles. The van der Waals surface area contributed by atoms with Gasteiger partial charge in [-0.15, -0.1) is 11.3 Å². The molecule has 92 valence electrons. The van der Waals surface area contributed by atoms with E-state index in [0.29, 0.717) is 18.5 Å². The second-order valence-electron chi connectivity index (χ2n) is 3.91. The predicted molar refractivity (Wildman–Crippen MR) is 63.9 cm³/mol. The molecule has 1 aliphatic rings. The van der Waals surface area contributed by atoms with E-state index >= 15 is 0 Å². The van der Waals surface area contributed by atoms with Gasteiger partial charge in [-0.25, -0.2) is 10.2 Å². The van der Waals surface area contributed by atoms with Crippen molar-refractivity contribution in [2.75, 3.05) is 13.1 Å². The minimum atomic E-state index is -0.885. The number of carbonyl (C=O) groups is 2. The number of rotatable bonds is 5. The third-order valence-corrected chi connectivity index (χ3v) is 3.64. The lowest BCUT2D eigenvalue weighted by atomic mass is 10.2. The van der Waals surface area contributed by atoms with Crippen LogP contribution in [0.1, 0.15) is 28.1 Å². The predicted octanol–water partition coefficient (Wildman–Crippen LogP) is 1.12. The number of aromatic carboxylic acids is 1. The Morgan fingerprint density at radius 1 is 1.59 bits per heavy atom. The summed E-state index contributed by atoms with van der Waals surface area (Å²) in [6, 6.07) is 1.70. The smallest absolute Gasteiger partial charge is 0.336 e. The van der Waals surface area contributed by atoms with Crippen LogP contribution < -0.4 is 5.43 Å². The molecule has 2 rings (SSSR count). The third kappa shape index (κ3) is 3.04. The lowest BCUT2D eigenvalue weighted by Gasteiger charge is -2.14. The van der Waals surface area contributed by atoms with Crippen molar-refractivity contribution in [3.63, 3.8) is 0 Å². The van der Waals surface area contributed by atoms with Crippen molar-refractivity contribution < 1.29 is 14.7 Å². The van der Waals surface area contributed by atoms with Crippen LogP contribution in [0.25, 0.3) is 0 Å². The highest BCUT2D eigenvalue weighted by Crippen LogP contribution is 2.16. The highest BCUT2D eigenvalue weighted by Gasteiger charge is 2.18. The largest absolute Gasteiger partial charge is 0.478 e. The lowest BCUT2D eigenvalue weighted by Crippen LogP contribution is -2.35. The van der Waals surface area contributed by atoms with Gasteiger partial charge in [0, 0.05) is 29.8 Å². The number of thiophene rings is 1. The molecule has 1 aromatic rings. The van der Waals surface area contributed by atoms with Gasteiger partial charge in [-0.3, -0.25) is 9.80 Å². The lowest BCUT2D eigenvalue weighted by molar-refractivity contribution is -0.129. The average Bonchev–Trinajstić information content (AvgIpc) is 2.89. The third-order valence-electron chi connectivity index (χ3n) is 2.65. The molecule has 6 heteroatoms. The number of aryl methyl sites for hydroxylation is 1. The number of amides is 1. The number of nitrogens with zero attached hydrogens (tertiary/aromatic N) is 1. The zero-order valence-corrected chi connectivity index (χ0v) is 10.1. The van der Waals surface area contributed by atoms with Crippen LogP contribution in [0.2, 0.25) is 0 Å². The Bertz CT molecular complexity index is 430. The summed E-state index contributed by atoms with van der Waals surface area (Å²) in [4.78, 5) is 23.0. The van der Waals surface area contributed by atoms with Gasteiger partial charge in [0.15, 0.2) is 0 Å². The number of hydrazine groups is 1. The Hall–Kier alpha value is -1.40. The average molecular weight is 254 g/mol. The maximum atomic E-state index is 11.3. The van der Waals surface area contributed by atoms with Crippen LogP contribution in [0.15, 0.2) is 11.4 Å². The van der Waals surface area contributed by atoms with Gasteiger partial charge in [0.25, 0.3) is 0 Å². The first kappa shape index (κ1) is 12.1. The molecule has 0 unspecified atom stereocenters. The molecule has 5 nitrogen and oxygen atoms in total. The van der Waals surface area contributed by atoms with Crippen LogP contribution >= 0.6 is 11.3 Å². The van der Waals surface area contributed by atoms with Crippen LogP contribution in [-0.4, -0.2) is 35.1 Å². The van der Waals surface area contributed by atoms with Crippen molar-refractivity contribution in [3.05, 3.63) is 21.9 Å². The number of carbonyl (C=O) groups excluding carboxylic acids is 1. The first-order valence-corrected chi connectivity index (χ1v) is 6.39. The summed E-state index contributed by atoms with van der Waals surface area (Å²) in [5, 5.41) is 12.1. The van der Waals surface area contributed by atoms with Gasteiger partial charge in [-0.1, -0.05) is 0 Å². The molecule has 2 heterocycles. The second-order valence-corrected chi connectivity index (χ2v) is 4.91. The first-order chi connectivity index (χ1) is 8.16. The minimum Gasteiger partial charge on any atom is -0.478 e. The number of hydrogen-bond donors (Lipinski definition) is 2. The van der Waals surface area contributed by atoms with Crippen molar-refractivity contribution in [2.24, 2.45) is 0 Å². The Balaban J connectivity index is 1.77. The summed E-state index contributed by atoms with van der Waals surface area (Å²) in [5.41, 5.74) is 3.36. The van der Waals surface area contributed by atoms with Crippen molar-refractivity contribution in [3.8, 4) is 0 Å². The van der Waals surface area contributed by atoms with Gasteiger partial charge in [-0.05, 0) is 18.9 Å².